The van der Waals surface area contributed by atoms with Crippen LogP contribution in [0.25, 0.3) is 0 Å². The summed E-state index contributed by atoms with van der Waals surface area (Å²) in [6, 6.07) is 1.44. The molecule has 0 aliphatic rings. The zero-order chi connectivity index (χ0) is 12.1. The Morgan fingerprint density at radius 1 is 1.50 bits per heavy atom. The van der Waals surface area contributed by atoms with E-state index in [1.54, 1.807) is 13.3 Å². The van der Waals surface area contributed by atoms with E-state index >= 15 is 0 Å². The van der Waals surface area contributed by atoms with Gasteiger partial charge in [-0.1, -0.05) is 0 Å². The largest absolute Gasteiger partial charge is 0.465 e. The van der Waals surface area contributed by atoms with Crippen molar-refractivity contribution in [2.24, 2.45) is 0 Å². The number of esters is 1. The molecule has 16 heavy (non-hydrogen) atoms. The van der Waals surface area contributed by atoms with Gasteiger partial charge in [-0.2, -0.15) is 0 Å². The number of hydrogen-bond donors (Lipinski definition) is 0. The molecule has 1 heterocycles. The monoisotopic (exact) mass is 289 g/mol. The first-order valence-electron chi connectivity index (χ1n) is 4.57. The maximum Gasteiger partial charge on any atom is 0.343 e. The number of carbonyl (C=O) groups is 1. The third-order valence-electron chi connectivity index (χ3n) is 1.99. The number of aromatic nitrogens is 1. The highest BCUT2D eigenvalue weighted by Crippen LogP contribution is 2.09. The van der Waals surface area contributed by atoms with E-state index < -0.39 is 5.97 Å². The van der Waals surface area contributed by atoms with E-state index in [4.69, 9.17) is 4.74 Å². The van der Waals surface area contributed by atoms with Gasteiger partial charge in [0.15, 0.2) is 0 Å². The van der Waals surface area contributed by atoms with Crippen LogP contribution in [-0.2, 0) is 16.0 Å². The zero-order valence-corrected chi connectivity index (χ0v) is 10.6. The number of methoxy groups -OCH3 is 2. The minimum Gasteiger partial charge on any atom is -0.465 e. The van der Waals surface area contributed by atoms with Gasteiger partial charge < -0.3 is 14.0 Å². The standard InChI is InChI=1S/C10H12BrNO4/c1-15-4-3-12-6-7(11)5-8(9(12)13)10(14)16-2/h5-6H,3-4H2,1-2H3. The lowest BCUT2D eigenvalue weighted by molar-refractivity contribution is 0.0597. The van der Waals surface area contributed by atoms with Gasteiger partial charge in [-0.3, -0.25) is 4.79 Å². The van der Waals surface area contributed by atoms with Gasteiger partial charge in [0.1, 0.15) is 5.56 Å². The van der Waals surface area contributed by atoms with E-state index in [-0.39, 0.29) is 11.1 Å². The summed E-state index contributed by atoms with van der Waals surface area (Å²) in [5.74, 6) is -0.641. The molecule has 0 N–H and O–H groups in total. The molecular weight excluding hydrogens is 278 g/mol. The average molecular weight is 290 g/mol. The van der Waals surface area contributed by atoms with Gasteiger partial charge in [-0.05, 0) is 22.0 Å². The Morgan fingerprint density at radius 2 is 2.19 bits per heavy atom. The molecule has 6 heteroatoms. The summed E-state index contributed by atoms with van der Waals surface area (Å²) in [5.41, 5.74) is -0.375. The van der Waals surface area contributed by atoms with E-state index in [1.807, 2.05) is 0 Å². The molecule has 0 radical (unpaired) electrons. The molecular formula is C10H12BrNO4. The van der Waals surface area contributed by atoms with Gasteiger partial charge in [0.05, 0.1) is 13.7 Å². The van der Waals surface area contributed by atoms with Crippen molar-refractivity contribution >= 4 is 21.9 Å². The van der Waals surface area contributed by atoms with Crippen molar-refractivity contribution in [1.29, 1.82) is 0 Å². The lowest BCUT2D eigenvalue weighted by Gasteiger charge is -2.07. The van der Waals surface area contributed by atoms with Gasteiger partial charge in [-0.25, -0.2) is 4.79 Å². The summed E-state index contributed by atoms with van der Waals surface area (Å²) in [6.45, 7) is 0.787. The number of hydrogen-bond acceptors (Lipinski definition) is 4. The molecule has 0 saturated heterocycles. The Balaban J connectivity index is 3.16. The smallest absolute Gasteiger partial charge is 0.343 e. The van der Waals surface area contributed by atoms with Crippen molar-refractivity contribution in [3.8, 4) is 0 Å². The lowest BCUT2D eigenvalue weighted by Crippen LogP contribution is -2.27. The average Bonchev–Trinajstić information content (AvgIpc) is 2.28. The quantitative estimate of drug-likeness (QED) is 0.778. The molecule has 0 saturated carbocycles. The molecule has 0 aromatic carbocycles. The molecule has 1 aromatic heterocycles. The molecule has 1 rings (SSSR count). The van der Waals surface area contributed by atoms with Crippen LogP contribution in [0.5, 0.6) is 0 Å². The molecule has 1 aromatic rings. The summed E-state index contributed by atoms with van der Waals surface area (Å²) in [4.78, 5) is 23.1. The molecule has 0 aliphatic heterocycles. The zero-order valence-electron chi connectivity index (χ0n) is 9.03. The molecule has 0 fully saturated rings. The fourth-order valence-electron chi connectivity index (χ4n) is 1.21. The van der Waals surface area contributed by atoms with Gasteiger partial charge in [-0.15, -0.1) is 0 Å². The molecule has 0 amide bonds. The van der Waals surface area contributed by atoms with Gasteiger partial charge >= 0.3 is 5.97 Å². The van der Waals surface area contributed by atoms with Crippen LogP contribution in [0, 0.1) is 0 Å². The highest BCUT2D eigenvalue weighted by atomic mass is 79.9. The van der Waals surface area contributed by atoms with Crippen molar-refractivity contribution < 1.29 is 14.3 Å². The number of rotatable bonds is 4. The third kappa shape index (κ3) is 2.93. The van der Waals surface area contributed by atoms with Crippen LogP contribution in [0.1, 0.15) is 10.4 Å². The predicted octanol–water partition coefficient (Wildman–Crippen LogP) is 1.04. The second kappa shape index (κ2) is 5.81. The van der Waals surface area contributed by atoms with Gasteiger partial charge in [0.25, 0.3) is 5.56 Å². The highest BCUT2D eigenvalue weighted by molar-refractivity contribution is 9.10. The van der Waals surface area contributed by atoms with Crippen LogP contribution in [0.15, 0.2) is 21.5 Å². The summed E-state index contributed by atoms with van der Waals surface area (Å²) < 4.78 is 11.4. The van der Waals surface area contributed by atoms with Gasteiger partial charge in [0.2, 0.25) is 0 Å². The van der Waals surface area contributed by atoms with E-state index in [2.05, 4.69) is 20.7 Å². The summed E-state index contributed by atoms with van der Waals surface area (Å²) in [6.07, 6.45) is 1.60. The summed E-state index contributed by atoms with van der Waals surface area (Å²) >= 11 is 3.23. The molecule has 0 atom stereocenters. The maximum atomic E-state index is 11.8. The minimum absolute atomic E-state index is 0.00739. The van der Waals surface area contributed by atoms with Crippen LogP contribution in [-0.4, -0.2) is 31.4 Å². The summed E-state index contributed by atoms with van der Waals surface area (Å²) in [5, 5.41) is 0. The highest BCUT2D eigenvalue weighted by Gasteiger charge is 2.13. The van der Waals surface area contributed by atoms with E-state index in [9.17, 15) is 9.59 Å². The first-order valence-corrected chi connectivity index (χ1v) is 5.36. The second-order valence-corrected chi connectivity index (χ2v) is 3.97. The molecule has 0 aliphatic carbocycles. The first kappa shape index (κ1) is 12.9. The summed E-state index contributed by atoms with van der Waals surface area (Å²) in [7, 11) is 2.78. The maximum absolute atomic E-state index is 11.8. The molecule has 0 spiro atoms. The minimum atomic E-state index is -0.641. The lowest BCUT2D eigenvalue weighted by atomic mass is 10.3. The third-order valence-corrected chi connectivity index (χ3v) is 2.43. The molecule has 88 valence electrons. The van der Waals surface area contributed by atoms with Crippen molar-refractivity contribution in [2.75, 3.05) is 20.8 Å². The predicted molar refractivity (Wildman–Crippen MR) is 61.6 cm³/mol. The second-order valence-electron chi connectivity index (χ2n) is 3.05. The Hall–Kier alpha value is -1.14. The van der Waals surface area contributed by atoms with E-state index in [1.165, 1.54) is 17.7 Å². The van der Waals surface area contributed by atoms with Crippen molar-refractivity contribution in [3.05, 3.63) is 32.7 Å². The van der Waals surface area contributed by atoms with Crippen LogP contribution in [0.3, 0.4) is 0 Å². The number of pyridine rings is 1. The Labute approximate surface area is 101 Å². The van der Waals surface area contributed by atoms with E-state index in [0.29, 0.717) is 17.6 Å². The van der Waals surface area contributed by atoms with Crippen LogP contribution < -0.4 is 5.56 Å². The Kier molecular flexibility index (Phi) is 4.70. The van der Waals surface area contributed by atoms with Crippen LogP contribution >= 0.6 is 15.9 Å². The van der Waals surface area contributed by atoms with Crippen LogP contribution in [0.2, 0.25) is 0 Å². The number of carbonyl (C=O) groups excluding carboxylic acids is 1. The number of nitrogens with zero attached hydrogens (tertiary/aromatic N) is 1. The van der Waals surface area contributed by atoms with Crippen molar-refractivity contribution in [3.63, 3.8) is 0 Å². The fourth-order valence-corrected chi connectivity index (χ4v) is 1.69. The SMILES string of the molecule is COCCn1cc(Br)cc(C(=O)OC)c1=O. The van der Waals surface area contributed by atoms with Crippen LogP contribution in [0.4, 0.5) is 0 Å². The van der Waals surface area contributed by atoms with Crippen molar-refractivity contribution in [1.82, 2.24) is 4.57 Å². The number of halogens is 1. The first-order chi connectivity index (χ1) is 7.60. The Bertz CT molecular complexity index is 441. The normalized spacial score (nSPS) is 10.2. The van der Waals surface area contributed by atoms with Gasteiger partial charge in [0, 0.05) is 24.3 Å². The number of ether oxygens (including phenoxy) is 2. The van der Waals surface area contributed by atoms with E-state index in [0.717, 1.165) is 0 Å². The molecule has 5 nitrogen and oxygen atoms in total. The van der Waals surface area contributed by atoms with Crippen molar-refractivity contribution in [2.45, 2.75) is 6.54 Å². The molecule has 0 unspecified atom stereocenters. The topological polar surface area (TPSA) is 57.5 Å². The molecule has 0 bridgehead atoms. The Morgan fingerprint density at radius 3 is 2.75 bits per heavy atom. The fraction of sp³-hybridized carbons (Fsp3) is 0.400.